The number of ether oxygens (including phenoxy) is 1. The number of nitrogens with zero attached hydrogens (tertiary/aromatic N) is 1. The van der Waals surface area contributed by atoms with Crippen LogP contribution in [0, 0.1) is 11.3 Å². The zero-order valence-corrected chi connectivity index (χ0v) is 11.7. The number of rotatable bonds is 5. The van der Waals surface area contributed by atoms with Crippen LogP contribution in [0.5, 0.6) is 0 Å². The highest BCUT2D eigenvalue weighted by Gasteiger charge is 2.13. The Balaban J connectivity index is 1.89. The fourth-order valence-electron chi connectivity index (χ4n) is 1.78. The summed E-state index contributed by atoms with van der Waals surface area (Å²) in [7, 11) is 0. The summed E-state index contributed by atoms with van der Waals surface area (Å²) in [5.41, 5.74) is 2.11. The molecule has 0 fully saturated rings. The van der Waals surface area contributed by atoms with Crippen LogP contribution in [0.3, 0.4) is 0 Å². The molecule has 1 amide bonds. The minimum absolute atomic E-state index is 0.235. The van der Waals surface area contributed by atoms with Crippen molar-refractivity contribution in [3.8, 4) is 6.07 Å². The van der Waals surface area contributed by atoms with Crippen LogP contribution >= 0.6 is 0 Å². The van der Waals surface area contributed by atoms with Gasteiger partial charge in [0, 0.05) is 5.69 Å². The van der Waals surface area contributed by atoms with Crippen LogP contribution in [0.1, 0.15) is 18.1 Å². The van der Waals surface area contributed by atoms with Gasteiger partial charge in [-0.25, -0.2) is 0 Å². The molecule has 0 radical (unpaired) electrons. The average molecular weight is 280 g/mol. The first-order valence-corrected chi connectivity index (χ1v) is 6.65. The van der Waals surface area contributed by atoms with E-state index in [9.17, 15) is 4.79 Å². The minimum Gasteiger partial charge on any atom is -0.364 e. The molecular formula is C17H16N2O2. The van der Waals surface area contributed by atoms with E-state index in [-0.39, 0.29) is 5.91 Å². The van der Waals surface area contributed by atoms with Gasteiger partial charge in [0.1, 0.15) is 6.10 Å². The standard InChI is InChI=1S/C17H16N2O2/c1-13(21-12-14-6-3-2-4-7-14)17(20)19-16-9-5-8-15(10-16)11-18/h2-10,13H,12H2,1H3,(H,19,20). The molecule has 4 heteroatoms. The molecule has 0 heterocycles. The summed E-state index contributed by atoms with van der Waals surface area (Å²) in [4.78, 5) is 12.0. The van der Waals surface area contributed by atoms with Crippen LogP contribution in [-0.4, -0.2) is 12.0 Å². The summed E-state index contributed by atoms with van der Waals surface area (Å²) in [6, 6.07) is 18.5. The van der Waals surface area contributed by atoms with Gasteiger partial charge in [-0.3, -0.25) is 4.79 Å². The molecule has 106 valence electrons. The number of carbonyl (C=O) groups excluding carboxylic acids is 1. The lowest BCUT2D eigenvalue weighted by atomic mass is 10.2. The SMILES string of the molecule is CC(OCc1ccccc1)C(=O)Nc1cccc(C#N)c1. The van der Waals surface area contributed by atoms with Gasteiger partial charge in [-0.2, -0.15) is 5.26 Å². The Hall–Kier alpha value is -2.64. The smallest absolute Gasteiger partial charge is 0.253 e. The van der Waals surface area contributed by atoms with Gasteiger partial charge in [0.2, 0.25) is 0 Å². The van der Waals surface area contributed by atoms with Crippen molar-refractivity contribution in [3.63, 3.8) is 0 Å². The van der Waals surface area contributed by atoms with Crippen molar-refractivity contribution in [1.29, 1.82) is 5.26 Å². The maximum absolute atomic E-state index is 12.0. The predicted octanol–water partition coefficient (Wildman–Crippen LogP) is 3.10. The highest BCUT2D eigenvalue weighted by molar-refractivity contribution is 5.94. The highest BCUT2D eigenvalue weighted by Crippen LogP contribution is 2.11. The van der Waals surface area contributed by atoms with Crippen molar-refractivity contribution in [2.75, 3.05) is 5.32 Å². The van der Waals surface area contributed by atoms with Gasteiger partial charge < -0.3 is 10.1 Å². The third kappa shape index (κ3) is 4.44. The summed E-state index contributed by atoms with van der Waals surface area (Å²) in [5.74, 6) is -0.235. The fraction of sp³-hybridized carbons (Fsp3) is 0.176. The van der Waals surface area contributed by atoms with E-state index < -0.39 is 6.10 Å². The quantitative estimate of drug-likeness (QED) is 0.915. The van der Waals surface area contributed by atoms with Crippen molar-refractivity contribution in [2.24, 2.45) is 0 Å². The summed E-state index contributed by atoms with van der Waals surface area (Å²) in [6.45, 7) is 2.08. The Morgan fingerprint density at radius 1 is 1.24 bits per heavy atom. The molecule has 0 aliphatic rings. The molecule has 0 bridgehead atoms. The van der Waals surface area contributed by atoms with E-state index in [0.717, 1.165) is 5.56 Å². The fourth-order valence-corrected chi connectivity index (χ4v) is 1.78. The minimum atomic E-state index is -0.573. The Morgan fingerprint density at radius 3 is 2.71 bits per heavy atom. The van der Waals surface area contributed by atoms with Gasteiger partial charge in [-0.15, -0.1) is 0 Å². The summed E-state index contributed by atoms with van der Waals surface area (Å²) < 4.78 is 5.54. The zero-order chi connectivity index (χ0) is 15.1. The van der Waals surface area contributed by atoms with Gasteiger partial charge in [0.25, 0.3) is 5.91 Å². The second kappa shape index (κ2) is 7.22. The molecule has 4 nitrogen and oxygen atoms in total. The first-order valence-electron chi connectivity index (χ1n) is 6.65. The van der Waals surface area contributed by atoms with Gasteiger partial charge in [-0.05, 0) is 30.7 Å². The second-order valence-electron chi connectivity index (χ2n) is 4.62. The zero-order valence-electron chi connectivity index (χ0n) is 11.7. The number of anilines is 1. The molecule has 0 saturated heterocycles. The molecule has 0 aliphatic heterocycles. The van der Waals surface area contributed by atoms with Crippen LogP contribution in [0.15, 0.2) is 54.6 Å². The first kappa shape index (κ1) is 14.8. The van der Waals surface area contributed by atoms with E-state index in [2.05, 4.69) is 5.32 Å². The van der Waals surface area contributed by atoms with Crippen LogP contribution in [-0.2, 0) is 16.1 Å². The summed E-state index contributed by atoms with van der Waals surface area (Å²) in [5, 5.41) is 11.6. The summed E-state index contributed by atoms with van der Waals surface area (Å²) in [6.07, 6.45) is -0.573. The topological polar surface area (TPSA) is 62.1 Å². The molecule has 1 N–H and O–H groups in total. The molecular weight excluding hydrogens is 264 g/mol. The number of nitriles is 1. The van der Waals surface area contributed by atoms with E-state index in [1.54, 1.807) is 31.2 Å². The average Bonchev–Trinajstić information content (AvgIpc) is 2.53. The number of nitrogens with one attached hydrogen (secondary N) is 1. The molecule has 0 spiro atoms. The van der Waals surface area contributed by atoms with Crippen molar-refractivity contribution in [3.05, 3.63) is 65.7 Å². The third-order valence-electron chi connectivity index (χ3n) is 2.97. The lowest BCUT2D eigenvalue weighted by molar-refractivity contribution is -0.127. The Kier molecular flexibility index (Phi) is 5.08. The molecule has 2 aromatic carbocycles. The van der Waals surface area contributed by atoms with Gasteiger partial charge in [0.15, 0.2) is 0 Å². The number of benzene rings is 2. The monoisotopic (exact) mass is 280 g/mol. The van der Waals surface area contributed by atoms with Crippen molar-refractivity contribution in [1.82, 2.24) is 0 Å². The largest absolute Gasteiger partial charge is 0.364 e. The Labute approximate surface area is 124 Å². The molecule has 2 aromatic rings. The van der Waals surface area contributed by atoms with E-state index in [4.69, 9.17) is 10.00 Å². The molecule has 0 saturated carbocycles. The lowest BCUT2D eigenvalue weighted by Crippen LogP contribution is -2.27. The van der Waals surface area contributed by atoms with E-state index in [0.29, 0.717) is 17.9 Å². The number of hydrogen-bond acceptors (Lipinski definition) is 3. The van der Waals surface area contributed by atoms with Crippen molar-refractivity contribution >= 4 is 11.6 Å². The molecule has 0 aromatic heterocycles. The van der Waals surface area contributed by atoms with Crippen LogP contribution < -0.4 is 5.32 Å². The van der Waals surface area contributed by atoms with Gasteiger partial charge in [-0.1, -0.05) is 36.4 Å². The van der Waals surface area contributed by atoms with E-state index in [1.165, 1.54) is 0 Å². The Bertz CT molecular complexity index is 647. The summed E-state index contributed by atoms with van der Waals surface area (Å²) >= 11 is 0. The van der Waals surface area contributed by atoms with Gasteiger partial charge in [0.05, 0.1) is 18.2 Å². The highest BCUT2D eigenvalue weighted by atomic mass is 16.5. The molecule has 21 heavy (non-hydrogen) atoms. The predicted molar refractivity (Wildman–Crippen MR) is 80.5 cm³/mol. The lowest BCUT2D eigenvalue weighted by Gasteiger charge is -2.13. The van der Waals surface area contributed by atoms with Crippen molar-refractivity contribution < 1.29 is 9.53 Å². The first-order chi connectivity index (χ1) is 10.2. The maximum atomic E-state index is 12.0. The van der Waals surface area contributed by atoms with Gasteiger partial charge >= 0.3 is 0 Å². The third-order valence-corrected chi connectivity index (χ3v) is 2.97. The van der Waals surface area contributed by atoms with E-state index in [1.807, 2.05) is 36.4 Å². The maximum Gasteiger partial charge on any atom is 0.253 e. The second-order valence-corrected chi connectivity index (χ2v) is 4.62. The molecule has 0 aliphatic carbocycles. The molecule has 1 atom stereocenters. The van der Waals surface area contributed by atoms with Crippen LogP contribution in [0.25, 0.3) is 0 Å². The number of carbonyl (C=O) groups is 1. The Morgan fingerprint density at radius 2 is 2.00 bits per heavy atom. The number of amides is 1. The molecule has 2 rings (SSSR count). The van der Waals surface area contributed by atoms with E-state index >= 15 is 0 Å². The van der Waals surface area contributed by atoms with Crippen molar-refractivity contribution in [2.45, 2.75) is 19.6 Å². The van der Waals surface area contributed by atoms with Crippen LogP contribution in [0.4, 0.5) is 5.69 Å². The normalized spacial score (nSPS) is 11.4. The molecule has 1 unspecified atom stereocenters. The van der Waals surface area contributed by atoms with Crippen LogP contribution in [0.2, 0.25) is 0 Å². The number of hydrogen-bond donors (Lipinski definition) is 1.